The summed E-state index contributed by atoms with van der Waals surface area (Å²) in [7, 11) is 0. The highest BCUT2D eigenvalue weighted by Gasteiger charge is 2.01. The molecule has 0 aromatic rings. The Bertz CT molecular complexity index is 225. The minimum absolute atomic E-state index is 0.0288. The molecule has 1 amide bonds. The molecule has 1 atom stereocenters. The second-order valence-corrected chi connectivity index (χ2v) is 2.77. The summed E-state index contributed by atoms with van der Waals surface area (Å²) >= 11 is 0. The summed E-state index contributed by atoms with van der Waals surface area (Å²) in [4.78, 5) is 20.0. The van der Waals surface area contributed by atoms with Crippen LogP contribution in [0.3, 0.4) is 0 Å². The van der Waals surface area contributed by atoms with Crippen molar-refractivity contribution in [3.63, 3.8) is 0 Å². The van der Waals surface area contributed by atoms with Gasteiger partial charge in [-0.1, -0.05) is 6.58 Å². The van der Waals surface area contributed by atoms with Crippen LogP contribution in [-0.2, 0) is 9.59 Å². The third kappa shape index (κ3) is 12.6. The molecule has 0 rings (SSSR count). The Balaban J connectivity index is 0. The van der Waals surface area contributed by atoms with Crippen molar-refractivity contribution < 1.29 is 24.9 Å². The Labute approximate surface area is 88.2 Å². The minimum Gasteiger partial charge on any atom is -0.479 e. The van der Waals surface area contributed by atoms with Gasteiger partial charge in [0, 0.05) is 12.1 Å². The Hall–Kier alpha value is -1.40. The minimum atomic E-state index is -1.23. The lowest BCUT2D eigenvalue weighted by Gasteiger charge is -1.99. The van der Waals surface area contributed by atoms with Gasteiger partial charge >= 0.3 is 5.97 Å². The van der Waals surface area contributed by atoms with Gasteiger partial charge in [-0.05, 0) is 13.8 Å². The summed E-state index contributed by atoms with van der Waals surface area (Å²) in [5.74, 6) is -1.39. The van der Waals surface area contributed by atoms with Gasteiger partial charge in [0.1, 0.15) is 6.10 Å². The maximum atomic E-state index is 10.6. The van der Waals surface area contributed by atoms with Crippen LogP contribution >= 0.6 is 0 Å². The van der Waals surface area contributed by atoms with Crippen LogP contribution in [0.25, 0.3) is 0 Å². The maximum Gasteiger partial charge on any atom is 0.332 e. The standard InChI is InChI=1S/C6H11NO2.C3H6O3/c1-5(2)6(9)7-3-4-8;1-2(4)3(5)6/h8H,1,3-4H2,2H3,(H,7,9);2,4H,1H3,(H,5,6). The summed E-state index contributed by atoms with van der Waals surface area (Å²) in [5, 5.41) is 26.5. The van der Waals surface area contributed by atoms with Crippen LogP contribution in [0.4, 0.5) is 0 Å². The molecule has 0 bridgehead atoms. The molecule has 0 spiro atoms. The van der Waals surface area contributed by atoms with E-state index in [1.54, 1.807) is 6.92 Å². The molecule has 6 nitrogen and oxygen atoms in total. The van der Waals surface area contributed by atoms with Gasteiger partial charge in [-0.2, -0.15) is 0 Å². The van der Waals surface area contributed by atoms with E-state index >= 15 is 0 Å². The number of hydrogen-bond acceptors (Lipinski definition) is 4. The van der Waals surface area contributed by atoms with Gasteiger partial charge in [0.2, 0.25) is 5.91 Å². The molecular formula is C9H17NO5. The second kappa shape index (κ2) is 9.17. The number of carboxylic acid groups (broad SMARTS) is 1. The van der Waals surface area contributed by atoms with Crippen LogP contribution < -0.4 is 5.32 Å². The fraction of sp³-hybridized carbons (Fsp3) is 0.556. The van der Waals surface area contributed by atoms with E-state index < -0.39 is 12.1 Å². The van der Waals surface area contributed by atoms with E-state index in [-0.39, 0.29) is 12.5 Å². The first-order chi connectivity index (χ1) is 6.82. The fourth-order valence-electron chi connectivity index (χ4n) is 0.320. The van der Waals surface area contributed by atoms with Crippen LogP contribution in [0.15, 0.2) is 12.2 Å². The molecule has 0 radical (unpaired) electrons. The summed E-state index contributed by atoms with van der Waals surface area (Å²) in [6.45, 7) is 6.50. The molecule has 0 fully saturated rings. The van der Waals surface area contributed by atoms with E-state index in [1.165, 1.54) is 6.92 Å². The molecule has 0 aromatic heterocycles. The first-order valence-corrected chi connectivity index (χ1v) is 4.28. The van der Waals surface area contributed by atoms with Gasteiger partial charge in [-0.15, -0.1) is 0 Å². The predicted molar refractivity (Wildman–Crippen MR) is 54.2 cm³/mol. The number of hydrogen-bond donors (Lipinski definition) is 4. The van der Waals surface area contributed by atoms with Crippen molar-refractivity contribution in [1.82, 2.24) is 5.32 Å². The third-order valence-electron chi connectivity index (χ3n) is 1.14. The SMILES string of the molecule is C=C(C)C(=O)NCCO.CC(O)C(=O)O. The van der Waals surface area contributed by atoms with Gasteiger partial charge in [0.25, 0.3) is 0 Å². The fourth-order valence-corrected chi connectivity index (χ4v) is 0.320. The molecule has 0 aromatic carbocycles. The van der Waals surface area contributed by atoms with E-state index in [0.717, 1.165) is 0 Å². The number of carbonyl (C=O) groups is 2. The molecule has 88 valence electrons. The predicted octanol–water partition coefficient (Wildman–Crippen LogP) is -0.877. The van der Waals surface area contributed by atoms with E-state index in [1.807, 2.05) is 0 Å². The monoisotopic (exact) mass is 219 g/mol. The topological polar surface area (TPSA) is 107 Å². The number of rotatable bonds is 4. The lowest BCUT2D eigenvalue weighted by molar-refractivity contribution is -0.145. The van der Waals surface area contributed by atoms with E-state index in [9.17, 15) is 9.59 Å². The van der Waals surface area contributed by atoms with E-state index in [4.69, 9.17) is 15.3 Å². The van der Waals surface area contributed by atoms with Gasteiger partial charge in [-0.3, -0.25) is 4.79 Å². The smallest absolute Gasteiger partial charge is 0.332 e. The Morgan fingerprint density at radius 3 is 2.07 bits per heavy atom. The highest BCUT2D eigenvalue weighted by atomic mass is 16.4. The van der Waals surface area contributed by atoms with Gasteiger partial charge in [0.15, 0.2) is 0 Å². The van der Waals surface area contributed by atoms with Crippen molar-refractivity contribution in [2.45, 2.75) is 20.0 Å². The van der Waals surface area contributed by atoms with Crippen LogP contribution in [0.1, 0.15) is 13.8 Å². The number of amides is 1. The molecule has 4 N–H and O–H groups in total. The summed E-state index contributed by atoms with van der Waals surface area (Å²) in [6, 6.07) is 0. The van der Waals surface area contributed by atoms with Crippen LogP contribution in [-0.4, -0.2) is 46.5 Å². The normalized spacial score (nSPS) is 10.7. The van der Waals surface area contributed by atoms with Crippen molar-refractivity contribution in [1.29, 1.82) is 0 Å². The van der Waals surface area contributed by atoms with Gasteiger partial charge < -0.3 is 20.6 Å². The number of nitrogens with one attached hydrogen (secondary N) is 1. The van der Waals surface area contributed by atoms with Gasteiger partial charge in [-0.25, -0.2) is 4.79 Å². The number of aliphatic carboxylic acids is 1. The second-order valence-electron chi connectivity index (χ2n) is 2.77. The summed E-state index contributed by atoms with van der Waals surface area (Å²) < 4.78 is 0. The molecule has 0 aliphatic rings. The molecule has 15 heavy (non-hydrogen) atoms. The van der Waals surface area contributed by atoms with Gasteiger partial charge in [0.05, 0.1) is 6.61 Å². The molecule has 1 unspecified atom stereocenters. The van der Waals surface area contributed by atoms with Crippen LogP contribution in [0, 0.1) is 0 Å². The molecule has 0 saturated heterocycles. The maximum absolute atomic E-state index is 10.6. The molecule has 0 aliphatic heterocycles. The third-order valence-corrected chi connectivity index (χ3v) is 1.14. The van der Waals surface area contributed by atoms with Crippen LogP contribution in [0.2, 0.25) is 0 Å². The lowest BCUT2D eigenvalue weighted by Crippen LogP contribution is -2.26. The zero-order valence-corrected chi connectivity index (χ0v) is 8.86. The van der Waals surface area contributed by atoms with Crippen LogP contribution in [0.5, 0.6) is 0 Å². The number of carbonyl (C=O) groups excluding carboxylic acids is 1. The first kappa shape index (κ1) is 16.0. The number of aliphatic hydroxyl groups excluding tert-OH is 2. The summed E-state index contributed by atoms with van der Waals surface area (Å²) in [5.41, 5.74) is 0.462. The van der Waals surface area contributed by atoms with Crippen molar-refractivity contribution in [2.24, 2.45) is 0 Å². The van der Waals surface area contributed by atoms with Crippen molar-refractivity contribution in [2.75, 3.05) is 13.2 Å². The zero-order valence-electron chi connectivity index (χ0n) is 8.86. The molecule has 0 saturated carbocycles. The van der Waals surface area contributed by atoms with Crippen molar-refractivity contribution in [3.05, 3.63) is 12.2 Å². The molecule has 0 heterocycles. The number of carboxylic acids is 1. The lowest BCUT2D eigenvalue weighted by atomic mass is 10.3. The average molecular weight is 219 g/mol. The first-order valence-electron chi connectivity index (χ1n) is 4.28. The summed E-state index contributed by atoms with van der Waals surface area (Å²) in [6.07, 6.45) is -1.23. The Morgan fingerprint density at radius 1 is 1.47 bits per heavy atom. The molecule has 6 heteroatoms. The van der Waals surface area contributed by atoms with E-state index in [0.29, 0.717) is 12.1 Å². The highest BCUT2D eigenvalue weighted by Crippen LogP contribution is 1.83. The largest absolute Gasteiger partial charge is 0.479 e. The molecule has 0 aliphatic carbocycles. The molecular weight excluding hydrogens is 202 g/mol. The Morgan fingerprint density at radius 2 is 1.87 bits per heavy atom. The Kier molecular flexibility index (Phi) is 9.81. The van der Waals surface area contributed by atoms with Crippen molar-refractivity contribution >= 4 is 11.9 Å². The number of aliphatic hydroxyl groups is 2. The van der Waals surface area contributed by atoms with E-state index in [2.05, 4.69) is 11.9 Å². The van der Waals surface area contributed by atoms with Crippen molar-refractivity contribution in [3.8, 4) is 0 Å². The zero-order chi connectivity index (χ0) is 12.4. The quantitative estimate of drug-likeness (QED) is 0.459. The average Bonchev–Trinajstić information content (AvgIpc) is 2.14. The highest BCUT2D eigenvalue weighted by molar-refractivity contribution is 5.91.